The molecule has 124 valence electrons. The van der Waals surface area contributed by atoms with Crippen LogP contribution in [-0.2, 0) is 9.53 Å². The molecule has 0 bridgehead atoms. The van der Waals surface area contributed by atoms with Crippen molar-refractivity contribution in [1.82, 2.24) is 5.32 Å². The van der Waals surface area contributed by atoms with E-state index in [2.05, 4.69) is 12.2 Å². The molecule has 0 aromatic rings. The zero-order valence-corrected chi connectivity index (χ0v) is 13.3. The molecular formula is C15H32N4O2. The lowest BCUT2D eigenvalue weighted by Crippen LogP contribution is -2.35. The van der Waals surface area contributed by atoms with E-state index in [1.165, 1.54) is 32.1 Å². The van der Waals surface area contributed by atoms with Crippen molar-refractivity contribution < 1.29 is 9.53 Å². The van der Waals surface area contributed by atoms with E-state index in [0.717, 1.165) is 12.8 Å². The molecule has 0 saturated heterocycles. The lowest BCUT2D eigenvalue weighted by molar-refractivity contribution is -0.145. The van der Waals surface area contributed by atoms with Crippen molar-refractivity contribution in [2.45, 2.75) is 70.8 Å². The molecule has 0 aliphatic rings. The number of esters is 1. The van der Waals surface area contributed by atoms with E-state index < -0.39 is 6.04 Å². The zero-order valence-electron chi connectivity index (χ0n) is 13.3. The Bertz CT molecular complexity index is 285. The normalized spacial score (nSPS) is 11.9. The third-order valence-corrected chi connectivity index (χ3v) is 3.30. The van der Waals surface area contributed by atoms with Gasteiger partial charge in [-0.15, -0.1) is 0 Å². The summed E-state index contributed by atoms with van der Waals surface area (Å²) in [5, 5.41) is 9.67. The van der Waals surface area contributed by atoms with Gasteiger partial charge in [-0.3, -0.25) is 10.2 Å². The molecule has 0 saturated carbocycles. The monoisotopic (exact) mass is 300 g/mol. The summed E-state index contributed by atoms with van der Waals surface area (Å²) in [4.78, 5) is 11.6. The number of rotatable bonds is 13. The van der Waals surface area contributed by atoms with Crippen LogP contribution in [-0.4, -0.2) is 31.1 Å². The number of unbranched alkanes of at least 4 members (excludes halogenated alkanes) is 6. The standard InChI is InChI=1S/C15H32N4O2/c1-2-3-4-5-6-7-8-12-21-14(20)13(16)10-9-11-19-15(17)18/h13H,2-12,16H2,1H3,(H4,17,18,19)/t13-/m0/s1. The second kappa shape index (κ2) is 13.7. The Morgan fingerprint density at radius 1 is 1.14 bits per heavy atom. The number of hydrogen-bond donors (Lipinski definition) is 4. The summed E-state index contributed by atoms with van der Waals surface area (Å²) < 4.78 is 5.16. The fourth-order valence-electron chi connectivity index (χ4n) is 2.00. The van der Waals surface area contributed by atoms with E-state index in [9.17, 15) is 4.79 Å². The molecule has 0 radical (unpaired) electrons. The van der Waals surface area contributed by atoms with Crippen LogP contribution in [0.3, 0.4) is 0 Å². The lowest BCUT2D eigenvalue weighted by atomic mass is 10.1. The molecular weight excluding hydrogens is 268 g/mol. The van der Waals surface area contributed by atoms with Gasteiger partial charge < -0.3 is 21.5 Å². The van der Waals surface area contributed by atoms with Gasteiger partial charge in [0.1, 0.15) is 6.04 Å². The molecule has 0 aromatic carbocycles. The highest BCUT2D eigenvalue weighted by Gasteiger charge is 2.14. The van der Waals surface area contributed by atoms with Crippen molar-refractivity contribution in [2.24, 2.45) is 11.5 Å². The molecule has 0 aliphatic carbocycles. The average Bonchev–Trinajstić information content (AvgIpc) is 2.45. The zero-order chi connectivity index (χ0) is 15.9. The van der Waals surface area contributed by atoms with Crippen LogP contribution in [0.25, 0.3) is 0 Å². The molecule has 0 rings (SSSR count). The van der Waals surface area contributed by atoms with Gasteiger partial charge in [0.05, 0.1) is 6.61 Å². The number of carbonyl (C=O) groups excluding carboxylic acids is 1. The average molecular weight is 300 g/mol. The summed E-state index contributed by atoms with van der Waals surface area (Å²) in [7, 11) is 0. The van der Waals surface area contributed by atoms with Gasteiger partial charge in [-0.2, -0.15) is 0 Å². The molecule has 0 unspecified atom stereocenters. The van der Waals surface area contributed by atoms with Crippen LogP contribution in [0.4, 0.5) is 0 Å². The second-order valence-corrected chi connectivity index (χ2v) is 5.38. The van der Waals surface area contributed by atoms with Crippen LogP contribution in [0.15, 0.2) is 0 Å². The fraction of sp³-hybridized carbons (Fsp3) is 0.867. The smallest absolute Gasteiger partial charge is 0.322 e. The van der Waals surface area contributed by atoms with Crippen LogP contribution in [0, 0.1) is 5.41 Å². The van der Waals surface area contributed by atoms with Gasteiger partial charge >= 0.3 is 5.97 Å². The molecule has 21 heavy (non-hydrogen) atoms. The maximum atomic E-state index is 11.6. The Hall–Kier alpha value is -1.30. The quantitative estimate of drug-likeness (QED) is 0.179. The maximum absolute atomic E-state index is 11.6. The largest absolute Gasteiger partial charge is 0.465 e. The molecule has 0 aliphatic heterocycles. The fourth-order valence-corrected chi connectivity index (χ4v) is 2.00. The van der Waals surface area contributed by atoms with Gasteiger partial charge in [-0.1, -0.05) is 45.4 Å². The predicted molar refractivity (Wildman–Crippen MR) is 86.1 cm³/mol. The number of guanidine groups is 1. The highest BCUT2D eigenvalue weighted by Crippen LogP contribution is 2.07. The first-order chi connectivity index (χ1) is 10.1. The molecule has 6 N–H and O–H groups in total. The molecule has 0 fully saturated rings. The van der Waals surface area contributed by atoms with Gasteiger partial charge in [0.25, 0.3) is 0 Å². The SMILES string of the molecule is CCCCCCCCCOC(=O)[C@@H](N)CCCNC(=N)N. The van der Waals surface area contributed by atoms with Crippen LogP contribution in [0.5, 0.6) is 0 Å². The molecule has 0 amide bonds. The second-order valence-electron chi connectivity index (χ2n) is 5.38. The summed E-state index contributed by atoms with van der Waals surface area (Å²) in [6.07, 6.45) is 9.59. The van der Waals surface area contributed by atoms with E-state index >= 15 is 0 Å². The highest BCUT2D eigenvalue weighted by atomic mass is 16.5. The van der Waals surface area contributed by atoms with E-state index in [-0.39, 0.29) is 11.9 Å². The first-order valence-electron chi connectivity index (χ1n) is 8.08. The molecule has 6 nitrogen and oxygen atoms in total. The first kappa shape index (κ1) is 19.7. The third kappa shape index (κ3) is 13.4. The van der Waals surface area contributed by atoms with Crippen LogP contribution < -0.4 is 16.8 Å². The summed E-state index contributed by atoms with van der Waals surface area (Å²) in [6, 6.07) is -0.580. The molecule has 0 heterocycles. The number of hydrogen-bond acceptors (Lipinski definition) is 4. The number of ether oxygens (including phenoxy) is 1. The van der Waals surface area contributed by atoms with Gasteiger partial charge in [0, 0.05) is 6.54 Å². The topological polar surface area (TPSA) is 114 Å². The number of nitrogens with two attached hydrogens (primary N) is 2. The third-order valence-electron chi connectivity index (χ3n) is 3.30. The van der Waals surface area contributed by atoms with Gasteiger partial charge in [-0.25, -0.2) is 0 Å². The predicted octanol–water partition coefficient (Wildman–Crippen LogP) is 1.87. The van der Waals surface area contributed by atoms with Gasteiger partial charge in [-0.05, 0) is 19.3 Å². The van der Waals surface area contributed by atoms with E-state index in [0.29, 0.717) is 26.0 Å². The Kier molecular flexibility index (Phi) is 12.8. The Balaban J connectivity index is 3.41. The minimum atomic E-state index is -0.580. The highest BCUT2D eigenvalue weighted by molar-refractivity contribution is 5.75. The maximum Gasteiger partial charge on any atom is 0.322 e. The number of nitrogens with one attached hydrogen (secondary N) is 2. The Labute approximate surface area is 128 Å². The summed E-state index contributed by atoms with van der Waals surface area (Å²) in [6.45, 7) is 3.22. The van der Waals surface area contributed by atoms with E-state index in [4.69, 9.17) is 21.6 Å². The number of carbonyl (C=O) groups is 1. The van der Waals surface area contributed by atoms with E-state index in [1.807, 2.05) is 0 Å². The summed E-state index contributed by atoms with van der Waals surface area (Å²) in [5.41, 5.74) is 10.9. The van der Waals surface area contributed by atoms with Crippen molar-refractivity contribution in [3.63, 3.8) is 0 Å². The summed E-state index contributed by atoms with van der Waals surface area (Å²) >= 11 is 0. The Morgan fingerprint density at radius 2 is 1.76 bits per heavy atom. The molecule has 0 spiro atoms. The minimum absolute atomic E-state index is 0.0647. The summed E-state index contributed by atoms with van der Waals surface area (Å²) in [5.74, 6) is -0.395. The van der Waals surface area contributed by atoms with Crippen LogP contribution >= 0.6 is 0 Å². The minimum Gasteiger partial charge on any atom is -0.465 e. The van der Waals surface area contributed by atoms with Crippen molar-refractivity contribution >= 4 is 11.9 Å². The van der Waals surface area contributed by atoms with Crippen molar-refractivity contribution in [3.8, 4) is 0 Å². The Morgan fingerprint density at radius 3 is 2.38 bits per heavy atom. The molecule has 6 heteroatoms. The van der Waals surface area contributed by atoms with Crippen molar-refractivity contribution in [3.05, 3.63) is 0 Å². The molecule has 1 atom stereocenters. The van der Waals surface area contributed by atoms with Gasteiger partial charge in [0.15, 0.2) is 5.96 Å². The van der Waals surface area contributed by atoms with Crippen molar-refractivity contribution in [1.29, 1.82) is 5.41 Å². The van der Waals surface area contributed by atoms with Gasteiger partial charge in [0.2, 0.25) is 0 Å². The van der Waals surface area contributed by atoms with Crippen molar-refractivity contribution in [2.75, 3.05) is 13.2 Å². The molecule has 0 aromatic heterocycles. The van der Waals surface area contributed by atoms with Crippen LogP contribution in [0.2, 0.25) is 0 Å². The first-order valence-corrected chi connectivity index (χ1v) is 8.08. The van der Waals surface area contributed by atoms with Crippen LogP contribution in [0.1, 0.15) is 64.7 Å². The van der Waals surface area contributed by atoms with E-state index in [1.54, 1.807) is 0 Å². The lowest BCUT2D eigenvalue weighted by Gasteiger charge is -2.11.